The van der Waals surface area contributed by atoms with Gasteiger partial charge in [-0.3, -0.25) is 9.36 Å². The van der Waals surface area contributed by atoms with Crippen LogP contribution in [0.15, 0.2) is 80.1 Å². The first-order valence-electron chi connectivity index (χ1n) is 14.9. The van der Waals surface area contributed by atoms with Gasteiger partial charge in [0.1, 0.15) is 30.0 Å². The largest absolute Gasteiger partial charge is 0.497 e. The van der Waals surface area contributed by atoms with Crippen molar-refractivity contribution in [2.24, 2.45) is 4.99 Å². The normalized spacial score (nSPS) is 14.4. The fourth-order valence-electron chi connectivity index (χ4n) is 5.35. The van der Waals surface area contributed by atoms with Crippen LogP contribution in [-0.2, 0) is 16.1 Å². The zero-order valence-electron chi connectivity index (χ0n) is 26.6. The predicted molar refractivity (Wildman–Crippen MR) is 181 cm³/mol. The van der Waals surface area contributed by atoms with Gasteiger partial charge in [0.2, 0.25) is 0 Å². The second-order valence-corrected chi connectivity index (χ2v) is 12.3. The van der Waals surface area contributed by atoms with Gasteiger partial charge >= 0.3 is 5.97 Å². The van der Waals surface area contributed by atoms with Crippen molar-refractivity contribution in [3.05, 3.63) is 113 Å². The van der Waals surface area contributed by atoms with Gasteiger partial charge in [-0.1, -0.05) is 42.9 Å². The van der Waals surface area contributed by atoms with Crippen LogP contribution in [0.4, 0.5) is 4.39 Å². The molecule has 0 fully saturated rings. The number of allylic oxidation sites excluding steroid dienone is 1. The highest BCUT2D eigenvalue weighted by atomic mass is 79.9. The molecule has 0 saturated heterocycles. The molecule has 5 rings (SSSR count). The number of ether oxygens (including phenoxy) is 5. The van der Waals surface area contributed by atoms with Crippen LogP contribution in [0.2, 0.25) is 0 Å². The summed E-state index contributed by atoms with van der Waals surface area (Å²) in [5.74, 6) is 0.876. The number of carbonyl (C=O) groups is 1. The average Bonchev–Trinajstić information content (AvgIpc) is 3.37. The van der Waals surface area contributed by atoms with Gasteiger partial charge in [-0.25, -0.2) is 14.2 Å². The predicted octanol–water partition coefficient (Wildman–Crippen LogP) is 6.08. The maximum Gasteiger partial charge on any atom is 0.338 e. The van der Waals surface area contributed by atoms with Crippen molar-refractivity contribution in [3.8, 4) is 23.0 Å². The lowest BCUT2D eigenvalue weighted by Crippen LogP contribution is -2.40. The molecule has 47 heavy (non-hydrogen) atoms. The summed E-state index contributed by atoms with van der Waals surface area (Å²) >= 11 is 4.76. The number of esters is 1. The Morgan fingerprint density at radius 2 is 1.81 bits per heavy atom. The third kappa shape index (κ3) is 6.98. The minimum Gasteiger partial charge on any atom is -0.497 e. The summed E-state index contributed by atoms with van der Waals surface area (Å²) in [4.78, 5) is 33.1. The van der Waals surface area contributed by atoms with Crippen molar-refractivity contribution >= 4 is 39.3 Å². The first-order chi connectivity index (χ1) is 22.7. The molecule has 0 spiro atoms. The Balaban J connectivity index is 1.66. The number of methoxy groups -OCH3 is 3. The molecule has 9 nitrogen and oxygen atoms in total. The fraction of sp³-hybridized carbons (Fsp3) is 0.286. The van der Waals surface area contributed by atoms with Crippen molar-refractivity contribution in [2.75, 3.05) is 27.9 Å². The molecule has 246 valence electrons. The standard InChI is InChI=1S/C35H34BrFN2O7S/c1-6-10-26-30(34(41)45-7-2)31(23-18-22(42-3)13-14-27(23)43-4)39-33(40)29(47-35(39)38-26)17-20-15-24(36)32(28(16-20)44-5)46-19-21-11-8-9-12-25(21)37/h8-9,11-18,31H,6-7,10,19H2,1-5H3/b29-17-/t31-/m1/s1. The van der Waals surface area contributed by atoms with Crippen LogP contribution in [0.25, 0.3) is 6.08 Å². The molecule has 0 N–H and O–H groups in total. The fourth-order valence-corrected chi connectivity index (χ4v) is 6.94. The molecule has 0 saturated carbocycles. The Morgan fingerprint density at radius 3 is 2.49 bits per heavy atom. The number of thiazole rings is 1. The quantitative estimate of drug-likeness (QED) is 0.163. The molecule has 0 amide bonds. The van der Waals surface area contributed by atoms with E-state index in [-0.39, 0.29) is 30.2 Å². The molecule has 0 radical (unpaired) electrons. The number of aromatic nitrogens is 1. The highest BCUT2D eigenvalue weighted by Crippen LogP contribution is 2.40. The topological polar surface area (TPSA) is 97.6 Å². The number of nitrogens with zero attached hydrogens (tertiary/aromatic N) is 2. The van der Waals surface area contributed by atoms with Crippen LogP contribution in [-0.4, -0.2) is 38.5 Å². The van der Waals surface area contributed by atoms with Crippen LogP contribution < -0.4 is 33.8 Å². The van der Waals surface area contributed by atoms with E-state index in [9.17, 15) is 14.0 Å². The van der Waals surface area contributed by atoms with Gasteiger partial charge in [-0.15, -0.1) is 0 Å². The summed E-state index contributed by atoms with van der Waals surface area (Å²) in [6.45, 7) is 3.88. The number of carbonyl (C=O) groups excluding carboxylic acids is 1. The Labute approximate surface area is 283 Å². The van der Waals surface area contributed by atoms with Crippen molar-refractivity contribution in [3.63, 3.8) is 0 Å². The number of halogens is 2. The lowest BCUT2D eigenvalue weighted by Gasteiger charge is -2.27. The molecule has 0 aliphatic carbocycles. The zero-order valence-corrected chi connectivity index (χ0v) is 29.0. The molecule has 3 aromatic carbocycles. The third-order valence-corrected chi connectivity index (χ3v) is 9.08. The van der Waals surface area contributed by atoms with Gasteiger partial charge in [0.15, 0.2) is 16.3 Å². The van der Waals surface area contributed by atoms with E-state index in [0.717, 1.165) is 6.42 Å². The molecule has 1 aliphatic rings. The van der Waals surface area contributed by atoms with Crippen LogP contribution in [0.5, 0.6) is 23.0 Å². The van der Waals surface area contributed by atoms with Gasteiger partial charge in [-0.2, -0.15) is 0 Å². The molecule has 1 atom stereocenters. The zero-order chi connectivity index (χ0) is 33.7. The number of hydrogen-bond acceptors (Lipinski definition) is 9. The summed E-state index contributed by atoms with van der Waals surface area (Å²) in [5.41, 5.74) is 2.08. The van der Waals surface area contributed by atoms with E-state index < -0.39 is 12.0 Å². The number of hydrogen-bond donors (Lipinski definition) is 0. The van der Waals surface area contributed by atoms with E-state index in [1.807, 2.05) is 6.92 Å². The second kappa shape index (κ2) is 15.0. The Morgan fingerprint density at radius 1 is 1.04 bits per heavy atom. The maximum atomic E-state index is 14.3. The van der Waals surface area contributed by atoms with Crippen LogP contribution >= 0.6 is 27.3 Å². The van der Waals surface area contributed by atoms with Gasteiger partial charge < -0.3 is 23.7 Å². The first kappa shape index (κ1) is 33.9. The lowest BCUT2D eigenvalue weighted by atomic mass is 9.93. The maximum absolute atomic E-state index is 14.3. The van der Waals surface area contributed by atoms with Gasteiger partial charge in [-0.05, 0) is 77.3 Å². The molecule has 0 unspecified atom stereocenters. The minimum absolute atomic E-state index is 0.00376. The smallest absolute Gasteiger partial charge is 0.338 e. The molecular formula is C35H34BrFN2O7S. The first-order valence-corrected chi connectivity index (χ1v) is 16.5. The van der Waals surface area contributed by atoms with Crippen molar-refractivity contribution < 1.29 is 32.9 Å². The van der Waals surface area contributed by atoms with E-state index in [0.29, 0.717) is 65.6 Å². The molecule has 4 aromatic rings. The molecule has 1 aromatic heterocycles. The van der Waals surface area contributed by atoms with Gasteiger partial charge in [0.25, 0.3) is 5.56 Å². The Kier molecular flexibility index (Phi) is 10.8. The second-order valence-electron chi connectivity index (χ2n) is 10.4. The summed E-state index contributed by atoms with van der Waals surface area (Å²) in [7, 11) is 4.58. The Bertz CT molecular complexity index is 2020. The van der Waals surface area contributed by atoms with Crippen molar-refractivity contribution in [1.29, 1.82) is 0 Å². The van der Waals surface area contributed by atoms with Gasteiger partial charge in [0.05, 0.1) is 48.2 Å². The van der Waals surface area contributed by atoms with E-state index in [2.05, 4.69) is 15.9 Å². The van der Waals surface area contributed by atoms with E-state index in [1.54, 1.807) is 68.6 Å². The molecular weight excluding hydrogens is 691 g/mol. The van der Waals surface area contributed by atoms with Crippen LogP contribution in [0, 0.1) is 5.82 Å². The third-order valence-electron chi connectivity index (χ3n) is 7.50. The average molecular weight is 726 g/mol. The molecule has 0 bridgehead atoms. The van der Waals surface area contributed by atoms with E-state index >= 15 is 0 Å². The number of fused-ring (bicyclic) bond motifs is 1. The summed E-state index contributed by atoms with van der Waals surface area (Å²) in [6, 6.07) is 14.3. The Hall–Kier alpha value is -4.42. The SMILES string of the molecule is CCCC1=C(C(=O)OCC)[C@@H](c2cc(OC)ccc2OC)n2c(s/c(=C\c3cc(Br)c(OCc4ccccc4F)c(OC)c3)c2=O)=N1. The number of rotatable bonds is 12. The lowest BCUT2D eigenvalue weighted by molar-refractivity contribution is -0.139. The van der Waals surface area contributed by atoms with E-state index in [1.165, 1.54) is 36.2 Å². The summed E-state index contributed by atoms with van der Waals surface area (Å²) in [6.07, 6.45) is 2.95. The summed E-state index contributed by atoms with van der Waals surface area (Å²) < 4.78 is 44.9. The summed E-state index contributed by atoms with van der Waals surface area (Å²) in [5, 5.41) is 0. The van der Waals surface area contributed by atoms with Crippen molar-refractivity contribution in [2.45, 2.75) is 39.3 Å². The monoisotopic (exact) mass is 724 g/mol. The van der Waals surface area contributed by atoms with E-state index in [4.69, 9.17) is 28.7 Å². The van der Waals surface area contributed by atoms with Crippen LogP contribution in [0.3, 0.4) is 0 Å². The molecule has 1 aliphatic heterocycles. The van der Waals surface area contributed by atoms with Gasteiger partial charge in [0, 0.05) is 11.1 Å². The van der Waals surface area contributed by atoms with Crippen molar-refractivity contribution in [1.82, 2.24) is 4.57 Å². The number of benzene rings is 3. The van der Waals surface area contributed by atoms with Crippen LogP contribution in [0.1, 0.15) is 49.4 Å². The molecule has 2 heterocycles. The molecule has 12 heteroatoms. The highest BCUT2D eigenvalue weighted by molar-refractivity contribution is 9.10. The highest BCUT2D eigenvalue weighted by Gasteiger charge is 2.36. The minimum atomic E-state index is -0.880.